The van der Waals surface area contributed by atoms with Gasteiger partial charge < -0.3 is 21.1 Å². The molecular weight excluding hydrogens is 388 g/mol. The normalized spacial score (nSPS) is 11.2. The average Bonchev–Trinajstić information content (AvgIpc) is 2.66. The lowest BCUT2D eigenvalue weighted by Gasteiger charge is -2.14. The van der Waals surface area contributed by atoms with E-state index in [0.717, 1.165) is 0 Å². The highest BCUT2D eigenvalue weighted by atomic mass is 35.5. The quantitative estimate of drug-likeness (QED) is 0.591. The molecule has 2 rings (SSSR count). The Morgan fingerprint density at radius 2 is 1.86 bits per heavy atom. The number of hydrogen-bond acceptors (Lipinski definition) is 6. The first-order valence-corrected chi connectivity index (χ1v) is 8.44. The molecule has 1 atom stereocenters. The number of nitrogens with zero attached hydrogens (tertiary/aromatic N) is 1. The molecule has 0 radical (unpaired) electrons. The number of rotatable bonds is 7. The van der Waals surface area contributed by atoms with E-state index in [1.54, 1.807) is 0 Å². The molecule has 4 N–H and O–H groups in total. The number of anilines is 1. The minimum atomic E-state index is -1.11. The number of amides is 3. The molecule has 0 fully saturated rings. The molecule has 3 amide bonds. The van der Waals surface area contributed by atoms with Gasteiger partial charge >= 0.3 is 5.97 Å². The molecule has 0 aliphatic carbocycles. The summed E-state index contributed by atoms with van der Waals surface area (Å²) >= 11 is 5.77. The van der Waals surface area contributed by atoms with Crippen molar-refractivity contribution in [2.75, 3.05) is 11.9 Å². The molecule has 0 unspecified atom stereocenters. The molecule has 2 aromatic rings. The van der Waals surface area contributed by atoms with Crippen molar-refractivity contribution in [3.8, 4) is 0 Å². The van der Waals surface area contributed by atoms with Gasteiger partial charge in [0.15, 0.2) is 6.10 Å². The summed E-state index contributed by atoms with van der Waals surface area (Å²) in [6.07, 6.45) is 0.252. The molecule has 0 aliphatic rings. The number of nitrogens with one attached hydrogen (secondary N) is 2. The van der Waals surface area contributed by atoms with Crippen LogP contribution in [0.2, 0.25) is 5.02 Å². The second kappa shape index (κ2) is 9.47. The monoisotopic (exact) mass is 404 g/mol. The Balaban J connectivity index is 1.81. The average molecular weight is 405 g/mol. The smallest absolute Gasteiger partial charge is 0.326 e. The molecule has 28 heavy (non-hydrogen) atoms. The molecule has 0 spiro atoms. The Hall–Kier alpha value is -3.46. The lowest BCUT2D eigenvalue weighted by atomic mass is 10.2. The van der Waals surface area contributed by atoms with Gasteiger partial charge in [-0.1, -0.05) is 11.6 Å². The highest BCUT2D eigenvalue weighted by Crippen LogP contribution is 2.10. The number of carbonyl (C=O) groups is 4. The number of carbonyl (C=O) groups excluding carboxylic acids is 4. The first-order chi connectivity index (χ1) is 13.3. The summed E-state index contributed by atoms with van der Waals surface area (Å²) in [5, 5.41) is 5.19. The van der Waals surface area contributed by atoms with Crippen molar-refractivity contribution in [1.29, 1.82) is 0 Å². The molecule has 9 nitrogen and oxygen atoms in total. The number of halogens is 1. The van der Waals surface area contributed by atoms with E-state index >= 15 is 0 Å². The number of aromatic nitrogens is 1. The number of primary amides is 1. The molecule has 146 valence electrons. The molecule has 1 aromatic carbocycles. The first kappa shape index (κ1) is 20.8. The number of pyridine rings is 1. The molecule has 10 heteroatoms. The molecule has 1 heterocycles. The second-order valence-electron chi connectivity index (χ2n) is 5.60. The van der Waals surface area contributed by atoms with Crippen LogP contribution >= 0.6 is 11.6 Å². The van der Waals surface area contributed by atoms with Gasteiger partial charge in [0, 0.05) is 22.5 Å². The summed E-state index contributed by atoms with van der Waals surface area (Å²) < 4.78 is 4.97. The molecule has 0 saturated heterocycles. The number of benzene rings is 1. The predicted octanol–water partition coefficient (Wildman–Crippen LogP) is 1.13. The fraction of sp³-hybridized carbons (Fsp3) is 0.167. The van der Waals surface area contributed by atoms with Crippen LogP contribution in [0.5, 0.6) is 0 Å². The third-order valence-electron chi connectivity index (χ3n) is 3.46. The van der Waals surface area contributed by atoms with Gasteiger partial charge in [0.2, 0.25) is 5.91 Å². The molecule has 1 aromatic heterocycles. The van der Waals surface area contributed by atoms with Crippen LogP contribution in [0, 0.1) is 0 Å². The van der Waals surface area contributed by atoms with Crippen LogP contribution in [-0.4, -0.2) is 41.3 Å². The SMILES string of the molecule is C[C@@H](OC(=O)CNC(=O)c1cc(Cl)ccn1)C(=O)Nc1ccc(C(N)=O)cc1. The van der Waals surface area contributed by atoms with Crippen LogP contribution in [0.1, 0.15) is 27.8 Å². The van der Waals surface area contributed by atoms with Gasteiger partial charge in [-0.05, 0) is 43.3 Å². The van der Waals surface area contributed by atoms with Gasteiger partial charge in [0.1, 0.15) is 12.2 Å². The fourth-order valence-electron chi connectivity index (χ4n) is 2.03. The predicted molar refractivity (Wildman–Crippen MR) is 101 cm³/mol. The van der Waals surface area contributed by atoms with Crippen molar-refractivity contribution in [2.24, 2.45) is 5.73 Å². The van der Waals surface area contributed by atoms with Crippen LogP contribution in [0.4, 0.5) is 5.69 Å². The van der Waals surface area contributed by atoms with Gasteiger partial charge in [-0.15, -0.1) is 0 Å². The van der Waals surface area contributed by atoms with Crippen LogP contribution in [0.25, 0.3) is 0 Å². The third-order valence-corrected chi connectivity index (χ3v) is 3.70. The maximum atomic E-state index is 12.1. The zero-order valence-electron chi connectivity index (χ0n) is 14.8. The van der Waals surface area contributed by atoms with E-state index in [9.17, 15) is 19.2 Å². The fourth-order valence-corrected chi connectivity index (χ4v) is 2.19. The van der Waals surface area contributed by atoms with E-state index in [0.29, 0.717) is 16.3 Å². The van der Waals surface area contributed by atoms with E-state index in [-0.39, 0.29) is 5.69 Å². The van der Waals surface area contributed by atoms with Crippen molar-refractivity contribution < 1.29 is 23.9 Å². The molecule has 0 bridgehead atoms. The van der Waals surface area contributed by atoms with Crippen LogP contribution < -0.4 is 16.4 Å². The summed E-state index contributed by atoms with van der Waals surface area (Å²) in [5.74, 6) is -2.58. The number of esters is 1. The van der Waals surface area contributed by atoms with E-state index < -0.39 is 36.3 Å². The zero-order chi connectivity index (χ0) is 20.7. The van der Waals surface area contributed by atoms with Gasteiger partial charge in [-0.3, -0.25) is 24.2 Å². The number of nitrogens with two attached hydrogens (primary N) is 1. The van der Waals surface area contributed by atoms with Gasteiger partial charge in [-0.2, -0.15) is 0 Å². The standard InChI is InChI=1S/C18H17ClN4O5/c1-10(17(26)23-13-4-2-11(3-5-13)16(20)25)28-15(24)9-22-18(27)14-8-12(19)6-7-21-14/h2-8,10H,9H2,1H3,(H2,20,25)(H,22,27)(H,23,26)/t10-/m1/s1. The molecule has 0 aliphatic heterocycles. The van der Waals surface area contributed by atoms with Crippen LogP contribution in [-0.2, 0) is 14.3 Å². The van der Waals surface area contributed by atoms with E-state index in [2.05, 4.69) is 15.6 Å². The summed E-state index contributed by atoms with van der Waals surface area (Å²) in [7, 11) is 0. The third kappa shape index (κ3) is 6.06. The summed E-state index contributed by atoms with van der Waals surface area (Å²) in [6.45, 7) is 0.934. The minimum Gasteiger partial charge on any atom is -0.451 e. The van der Waals surface area contributed by atoms with Crippen molar-refractivity contribution >= 4 is 41.0 Å². The molecule has 0 saturated carbocycles. The highest BCUT2D eigenvalue weighted by molar-refractivity contribution is 6.30. The minimum absolute atomic E-state index is 0.0468. The Labute approximate surface area is 165 Å². The van der Waals surface area contributed by atoms with Gasteiger partial charge in [0.05, 0.1) is 0 Å². The lowest BCUT2D eigenvalue weighted by molar-refractivity contribution is -0.152. The van der Waals surface area contributed by atoms with E-state index in [1.165, 1.54) is 49.5 Å². The van der Waals surface area contributed by atoms with Crippen molar-refractivity contribution in [3.63, 3.8) is 0 Å². The van der Waals surface area contributed by atoms with Gasteiger partial charge in [-0.25, -0.2) is 0 Å². The maximum absolute atomic E-state index is 12.1. The number of hydrogen-bond donors (Lipinski definition) is 3. The first-order valence-electron chi connectivity index (χ1n) is 8.06. The van der Waals surface area contributed by atoms with Gasteiger partial charge in [0.25, 0.3) is 11.8 Å². The highest BCUT2D eigenvalue weighted by Gasteiger charge is 2.19. The van der Waals surface area contributed by atoms with Crippen molar-refractivity contribution in [1.82, 2.24) is 10.3 Å². The topological polar surface area (TPSA) is 140 Å². The maximum Gasteiger partial charge on any atom is 0.326 e. The molecular formula is C18H17ClN4O5. The Morgan fingerprint density at radius 1 is 1.18 bits per heavy atom. The summed E-state index contributed by atoms with van der Waals surface area (Å²) in [5.41, 5.74) is 5.88. The summed E-state index contributed by atoms with van der Waals surface area (Å²) in [4.78, 5) is 50.6. The lowest BCUT2D eigenvalue weighted by Crippen LogP contribution is -2.36. The number of ether oxygens (including phenoxy) is 1. The van der Waals surface area contributed by atoms with Crippen LogP contribution in [0.15, 0.2) is 42.6 Å². The summed E-state index contributed by atoms with van der Waals surface area (Å²) in [6, 6.07) is 8.74. The second-order valence-corrected chi connectivity index (χ2v) is 6.04. The Bertz CT molecular complexity index is 901. The van der Waals surface area contributed by atoms with E-state index in [1.807, 2.05) is 0 Å². The zero-order valence-corrected chi connectivity index (χ0v) is 15.5. The Morgan fingerprint density at radius 3 is 2.46 bits per heavy atom. The van der Waals surface area contributed by atoms with Crippen LogP contribution in [0.3, 0.4) is 0 Å². The largest absolute Gasteiger partial charge is 0.451 e. The van der Waals surface area contributed by atoms with Crippen molar-refractivity contribution in [3.05, 3.63) is 58.9 Å². The van der Waals surface area contributed by atoms with Crippen molar-refractivity contribution in [2.45, 2.75) is 13.0 Å². The van der Waals surface area contributed by atoms with E-state index in [4.69, 9.17) is 22.1 Å². The Kier molecular flexibility index (Phi) is 7.05.